The van der Waals surface area contributed by atoms with Crippen LogP contribution in [-0.4, -0.2) is 11.0 Å². The first kappa shape index (κ1) is 14.0. The van der Waals surface area contributed by atoms with E-state index in [0.717, 1.165) is 17.7 Å². The Kier molecular flexibility index (Phi) is 3.37. The molecule has 0 N–H and O–H groups in total. The molecule has 1 atom stereocenters. The summed E-state index contributed by atoms with van der Waals surface area (Å²) in [6.45, 7) is 2.93. The summed E-state index contributed by atoms with van der Waals surface area (Å²) in [4.78, 5) is 6.90. The van der Waals surface area contributed by atoms with Crippen LogP contribution in [-0.2, 0) is 13.0 Å². The summed E-state index contributed by atoms with van der Waals surface area (Å²) in [6.07, 6.45) is 2.74. The molecule has 0 fully saturated rings. The van der Waals surface area contributed by atoms with Crippen molar-refractivity contribution in [1.82, 2.24) is 4.98 Å². The lowest BCUT2D eigenvalue weighted by molar-refractivity contribution is 0.570. The van der Waals surface area contributed by atoms with E-state index >= 15 is 0 Å². The number of fused-ring (bicyclic) bond motifs is 1. The quantitative estimate of drug-likeness (QED) is 0.716. The van der Waals surface area contributed by atoms with Crippen molar-refractivity contribution < 1.29 is 8.81 Å². The van der Waals surface area contributed by atoms with Gasteiger partial charge in [-0.15, -0.1) is 0 Å². The van der Waals surface area contributed by atoms with Gasteiger partial charge in [0.2, 0.25) is 5.89 Å². The van der Waals surface area contributed by atoms with Crippen molar-refractivity contribution in [1.29, 1.82) is 0 Å². The standard InChI is InChI=1S/C19H17FN2O/c1-13-10-15-4-2-3-5-18(15)22(13)11-17-12-23-19(21-17)14-6-8-16(20)9-7-14/h2-9,12-13H,10-11H2,1H3. The first-order chi connectivity index (χ1) is 11.2. The van der Waals surface area contributed by atoms with Gasteiger partial charge in [-0.1, -0.05) is 18.2 Å². The molecule has 1 aliphatic heterocycles. The van der Waals surface area contributed by atoms with Gasteiger partial charge >= 0.3 is 0 Å². The van der Waals surface area contributed by atoms with Crippen LogP contribution in [0.5, 0.6) is 0 Å². The molecule has 116 valence electrons. The van der Waals surface area contributed by atoms with Gasteiger partial charge in [0.25, 0.3) is 0 Å². The molecule has 0 radical (unpaired) electrons. The molecule has 4 rings (SSSR count). The maximum atomic E-state index is 13.0. The van der Waals surface area contributed by atoms with Crippen molar-refractivity contribution in [3.63, 3.8) is 0 Å². The van der Waals surface area contributed by atoms with Crippen LogP contribution < -0.4 is 4.90 Å². The predicted molar refractivity (Wildman–Crippen MR) is 87.7 cm³/mol. The molecule has 1 aliphatic rings. The second-order valence-corrected chi connectivity index (χ2v) is 5.96. The van der Waals surface area contributed by atoms with Gasteiger partial charge in [0, 0.05) is 17.3 Å². The highest BCUT2D eigenvalue weighted by Gasteiger charge is 2.26. The van der Waals surface area contributed by atoms with Crippen molar-refractivity contribution in [3.05, 3.63) is 71.9 Å². The molecule has 2 aromatic carbocycles. The average Bonchev–Trinajstić information content (AvgIpc) is 3.14. The Hall–Kier alpha value is -2.62. The number of rotatable bonds is 3. The molecule has 23 heavy (non-hydrogen) atoms. The molecule has 4 heteroatoms. The van der Waals surface area contributed by atoms with Gasteiger partial charge in [-0.05, 0) is 49.2 Å². The van der Waals surface area contributed by atoms with Gasteiger partial charge in [-0.2, -0.15) is 0 Å². The van der Waals surface area contributed by atoms with E-state index in [9.17, 15) is 4.39 Å². The van der Waals surface area contributed by atoms with Crippen LogP contribution >= 0.6 is 0 Å². The van der Waals surface area contributed by atoms with Crippen LogP contribution in [0.2, 0.25) is 0 Å². The normalized spacial score (nSPS) is 16.6. The molecule has 1 aromatic heterocycles. The van der Waals surface area contributed by atoms with Crippen LogP contribution in [0, 0.1) is 5.82 Å². The lowest BCUT2D eigenvalue weighted by atomic mass is 10.1. The van der Waals surface area contributed by atoms with E-state index in [2.05, 4.69) is 41.1 Å². The molecule has 1 unspecified atom stereocenters. The zero-order chi connectivity index (χ0) is 15.8. The number of halogens is 1. The van der Waals surface area contributed by atoms with Crippen LogP contribution in [0.25, 0.3) is 11.5 Å². The van der Waals surface area contributed by atoms with Crippen molar-refractivity contribution in [2.24, 2.45) is 0 Å². The first-order valence-electron chi connectivity index (χ1n) is 7.75. The summed E-state index contributed by atoms with van der Waals surface area (Å²) in [5.41, 5.74) is 4.31. The largest absolute Gasteiger partial charge is 0.444 e. The number of benzene rings is 2. The summed E-state index contributed by atoms with van der Waals surface area (Å²) in [6, 6.07) is 15.1. The number of para-hydroxylation sites is 1. The molecule has 0 saturated heterocycles. The van der Waals surface area contributed by atoms with Crippen LogP contribution in [0.1, 0.15) is 18.2 Å². The number of hydrogen-bond acceptors (Lipinski definition) is 3. The number of anilines is 1. The zero-order valence-corrected chi connectivity index (χ0v) is 12.9. The van der Waals surface area contributed by atoms with E-state index in [4.69, 9.17) is 4.42 Å². The Bertz CT molecular complexity index is 825. The highest BCUT2D eigenvalue weighted by atomic mass is 19.1. The first-order valence-corrected chi connectivity index (χ1v) is 7.75. The molecule has 0 aliphatic carbocycles. The molecule has 0 spiro atoms. The third-order valence-electron chi connectivity index (χ3n) is 4.32. The van der Waals surface area contributed by atoms with Gasteiger partial charge in [0.15, 0.2) is 0 Å². The topological polar surface area (TPSA) is 29.3 Å². The van der Waals surface area contributed by atoms with E-state index in [0.29, 0.717) is 18.5 Å². The number of nitrogens with zero attached hydrogens (tertiary/aromatic N) is 2. The maximum Gasteiger partial charge on any atom is 0.226 e. The molecule has 0 amide bonds. The summed E-state index contributed by atoms with van der Waals surface area (Å²) in [5, 5.41) is 0. The van der Waals surface area contributed by atoms with E-state index in [1.165, 1.54) is 23.4 Å². The van der Waals surface area contributed by atoms with E-state index in [-0.39, 0.29) is 5.82 Å². The van der Waals surface area contributed by atoms with Gasteiger partial charge in [-0.25, -0.2) is 9.37 Å². The smallest absolute Gasteiger partial charge is 0.226 e. The lowest BCUT2D eigenvalue weighted by Gasteiger charge is -2.23. The Balaban J connectivity index is 1.57. The van der Waals surface area contributed by atoms with E-state index < -0.39 is 0 Å². The van der Waals surface area contributed by atoms with Crippen molar-refractivity contribution in [3.8, 4) is 11.5 Å². The SMILES string of the molecule is CC1Cc2ccccc2N1Cc1coc(-c2ccc(F)cc2)n1. The minimum absolute atomic E-state index is 0.261. The maximum absolute atomic E-state index is 13.0. The highest BCUT2D eigenvalue weighted by molar-refractivity contribution is 5.59. The predicted octanol–water partition coefficient (Wildman–Crippen LogP) is 4.43. The average molecular weight is 308 g/mol. The highest BCUT2D eigenvalue weighted by Crippen LogP contribution is 2.33. The minimum Gasteiger partial charge on any atom is -0.444 e. The zero-order valence-electron chi connectivity index (χ0n) is 12.9. The molecule has 3 aromatic rings. The molecule has 3 nitrogen and oxygen atoms in total. The lowest BCUT2D eigenvalue weighted by Crippen LogP contribution is -2.28. The van der Waals surface area contributed by atoms with E-state index in [1.807, 2.05) is 0 Å². The van der Waals surface area contributed by atoms with Crippen LogP contribution in [0.4, 0.5) is 10.1 Å². The van der Waals surface area contributed by atoms with Crippen molar-refractivity contribution in [2.45, 2.75) is 25.9 Å². The number of aromatic nitrogens is 1. The Morgan fingerprint density at radius 3 is 2.78 bits per heavy atom. The third kappa shape index (κ3) is 2.61. The Morgan fingerprint density at radius 2 is 1.96 bits per heavy atom. The summed E-state index contributed by atoms with van der Waals surface area (Å²) < 4.78 is 18.6. The second kappa shape index (κ2) is 5.54. The van der Waals surface area contributed by atoms with Crippen LogP contribution in [0.15, 0.2) is 59.2 Å². The molecule has 2 heterocycles. The van der Waals surface area contributed by atoms with Gasteiger partial charge < -0.3 is 9.32 Å². The van der Waals surface area contributed by atoms with Gasteiger partial charge in [0.1, 0.15) is 12.1 Å². The molecular formula is C19H17FN2O. The fraction of sp³-hybridized carbons (Fsp3) is 0.211. The molecule has 0 bridgehead atoms. The van der Waals surface area contributed by atoms with Gasteiger partial charge in [0.05, 0.1) is 12.2 Å². The van der Waals surface area contributed by atoms with Crippen molar-refractivity contribution in [2.75, 3.05) is 4.90 Å². The Morgan fingerprint density at radius 1 is 1.17 bits per heavy atom. The fourth-order valence-corrected chi connectivity index (χ4v) is 3.15. The van der Waals surface area contributed by atoms with E-state index in [1.54, 1.807) is 18.4 Å². The summed E-state index contributed by atoms with van der Waals surface area (Å²) in [7, 11) is 0. The number of hydrogen-bond donors (Lipinski definition) is 0. The second-order valence-electron chi connectivity index (χ2n) is 5.96. The Labute approximate surface area is 134 Å². The summed E-state index contributed by atoms with van der Waals surface area (Å²) in [5.74, 6) is 0.267. The minimum atomic E-state index is -0.261. The van der Waals surface area contributed by atoms with Crippen molar-refractivity contribution >= 4 is 5.69 Å². The fourth-order valence-electron chi connectivity index (χ4n) is 3.15. The summed E-state index contributed by atoms with van der Waals surface area (Å²) >= 11 is 0. The molecular weight excluding hydrogens is 291 g/mol. The monoisotopic (exact) mass is 308 g/mol. The van der Waals surface area contributed by atoms with Gasteiger partial charge in [-0.3, -0.25) is 0 Å². The number of oxazole rings is 1. The third-order valence-corrected chi connectivity index (χ3v) is 4.32. The van der Waals surface area contributed by atoms with Crippen LogP contribution in [0.3, 0.4) is 0 Å². The molecule has 0 saturated carbocycles.